The molecule has 1 heterocycles. The highest BCUT2D eigenvalue weighted by molar-refractivity contribution is 7.91. The molecule has 1 saturated heterocycles. The van der Waals surface area contributed by atoms with Crippen LogP contribution in [0.25, 0.3) is 0 Å². The van der Waals surface area contributed by atoms with Crippen molar-refractivity contribution in [3.05, 3.63) is 29.8 Å². The van der Waals surface area contributed by atoms with Gasteiger partial charge in [0.25, 0.3) is 0 Å². The fraction of sp³-hybridized carbons (Fsp3) is 0.500. The summed E-state index contributed by atoms with van der Waals surface area (Å²) in [6.45, 7) is 0.530. The fourth-order valence-corrected chi connectivity index (χ4v) is 3.93. The van der Waals surface area contributed by atoms with Gasteiger partial charge in [-0.1, -0.05) is 12.1 Å². The maximum atomic E-state index is 11.4. The lowest BCUT2D eigenvalue weighted by Crippen LogP contribution is -2.32. The van der Waals surface area contributed by atoms with Crippen molar-refractivity contribution in [3.63, 3.8) is 0 Å². The van der Waals surface area contributed by atoms with Gasteiger partial charge in [-0.15, -0.1) is 0 Å². The van der Waals surface area contributed by atoms with Crippen LogP contribution in [0.15, 0.2) is 24.3 Å². The molecule has 2 N–H and O–H groups in total. The number of sulfone groups is 1. The zero-order valence-corrected chi connectivity index (χ0v) is 10.8. The molecule has 1 atom stereocenters. The predicted molar refractivity (Wildman–Crippen MR) is 69.8 cm³/mol. The molecule has 0 amide bonds. The van der Waals surface area contributed by atoms with Crippen molar-refractivity contribution >= 4 is 15.5 Å². The highest BCUT2D eigenvalue weighted by Crippen LogP contribution is 2.23. The van der Waals surface area contributed by atoms with Crippen molar-refractivity contribution < 1.29 is 8.42 Å². The molecule has 1 aliphatic rings. The van der Waals surface area contributed by atoms with Crippen molar-refractivity contribution in [3.8, 4) is 0 Å². The van der Waals surface area contributed by atoms with Gasteiger partial charge in [-0.25, -0.2) is 8.42 Å². The summed E-state index contributed by atoms with van der Waals surface area (Å²) in [5.41, 5.74) is 7.67. The lowest BCUT2D eigenvalue weighted by Gasteiger charge is -2.25. The van der Waals surface area contributed by atoms with Crippen molar-refractivity contribution in [2.45, 2.75) is 19.0 Å². The standard InChI is InChI=1S/C12H18N2O2S/c1-14(12-6-7-17(15,16)9-12)11-4-2-10(8-13)3-5-11/h2-5,12H,6-9,13H2,1H3. The van der Waals surface area contributed by atoms with Crippen LogP contribution in [0.2, 0.25) is 0 Å². The van der Waals surface area contributed by atoms with Crippen LogP contribution in [0.1, 0.15) is 12.0 Å². The van der Waals surface area contributed by atoms with Crippen LogP contribution in [0.5, 0.6) is 0 Å². The van der Waals surface area contributed by atoms with Gasteiger partial charge in [0.1, 0.15) is 0 Å². The highest BCUT2D eigenvalue weighted by Gasteiger charge is 2.30. The van der Waals surface area contributed by atoms with Gasteiger partial charge >= 0.3 is 0 Å². The molecule has 5 heteroatoms. The molecule has 1 aliphatic heterocycles. The van der Waals surface area contributed by atoms with Crippen LogP contribution >= 0.6 is 0 Å². The van der Waals surface area contributed by atoms with E-state index in [0.29, 0.717) is 12.3 Å². The van der Waals surface area contributed by atoms with E-state index in [4.69, 9.17) is 5.73 Å². The van der Waals surface area contributed by atoms with Crippen LogP contribution in [0.4, 0.5) is 5.69 Å². The Morgan fingerprint density at radius 2 is 2.00 bits per heavy atom. The largest absolute Gasteiger partial charge is 0.371 e. The lowest BCUT2D eigenvalue weighted by atomic mass is 10.1. The van der Waals surface area contributed by atoms with Crippen LogP contribution < -0.4 is 10.6 Å². The van der Waals surface area contributed by atoms with Crippen molar-refractivity contribution in [1.82, 2.24) is 0 Å². The Bertz CT molecular complexity index is 482. The van der Waals surface area contributed by atoms with E-state index in [-0.39, 0.29) is 11.8 Å². The molecule has 0 saturated carbocycles. The molecule has 0 radical (unpaired) electrons. The van der Waals surface area contributed by atoms with Crippen molar-refractivity contribution in [1.29, 1.82) is 0 Å². The SMILES string of the molecule is CN(c1ccc(CN)cc1)C1CCS(=O)(=O)C1. The number of hydrogen-bond acceptors (Lipinski definition) is 4. The molecule has 17 heavy (non-hydrogen) atoms. The normalized spacial score (nSPS) is 22.6. The van der Waals surface area contributed by atoms with Gasteiger partial charge in [0.05, 0.1) is 11.5 Å². The summed E-state index contributed by atoms with van der Waals surface area (Å²) < 4.78 is 22.9. The van der Waals surface area contributed by atoms with Gasteiger partial charge in [-0.05, 0) is 24.1 Å². The van der Waals surface area contributed by atoms with Gasteiger partial charge in [0, 0.05) is 25.3 Å². The first-order chi connectivity index (χ1) is 8.02. The van der Waals surface area contributed by atoms with Gasteiger partial charge in [-0.3, -0.25) is 0 Å². The smallest absolute Gasteiger partial charge is 0.152 e. The summed E-state index contributed by atoms with van der Waals surface area (Å²) in [7, 11) is -0.876. The average Bonchev–Trinajstić information content (AvgIpc) is 2.69. The molecule has 1 aromatic rings. The molecule has 2 rings (SSSR count). The maximum absolute atomic E-state index is 11.4. The summed E-state index contributed by atoms with van der Waals surface area (Å²) in [4.78, 5) is 2.05. The van der Waals surface area contributed by atoms with Crippen LogP contribution in [0.3, 0.4) is 0 Å². The predicted octanol–water partition coefficient (Wildman–Crippen LogP) is 0.769. The number of anilines is 1. The minimum absolute atomic E-state index is 0.101. The summed E-state index contributed by atoms with van der Waals surface area (Å²) in [5.74, 6) is 0.574. The quantitative estimate of drug-likeness (QED) is 0.865. The van der Waals surface area contributed by atoms with E-state index < -0.39 is 9.84 Å². The minimum atomic E-state index is -2.82. The number of rotatable bonds is 3. The maximum Gasteiger partial charge on any atom is 0.152 e. The number of nitrogens with two attached hydrogens (primary N) is 1. The Balaban J connectivity index is 2.11. The molecular formula is C12H18N2O2S. The van der Waals surface area contributed by atoms with Gasteiger partial charge in [0.15, 0.2) is 9.84 Å². The fourth-order valence-electron chi connectivity index (χ4n) is 2.16. The second-order valence-electron chi connectivity index (χ2n) is 4.54. The van der Waals surface area contributed by atoms with Crippen LogP contribution in [0, 0.1) is 0 Å². The Hall–Kier alpha value is -1.07. The number of hydrogen-bond donors (Lipinski definition) is 1. The molecule has 94 valence electrons. The molecule has 0 aromatic heterocycles. The summed E-state index contributed by atoms with van der Waals surface area (Å²) in [6, 6.07) is 8.05. The Morgan fingerprint density at radius 3 is 2.47 bits per heavy atom. The van der Waals surface area contributed by atoms with E-state index in [0.717, 1.165) is 17.7 Å². The third-order valence-electron chi connectivity index (χ3n) is 3.34. The van der Waals surface area contributed by atoms with E-state index in [1.165, 1.54) is 0 Å². The topological polar surface area (TPSA) is 63.4 Å². The first kappa shape index (κ1) is 12.4. The molecule has 0 aliphatic carbocycles. The molecule has 0 bridgehead atoms. The van der Waals surface area contributed by atoms with Crippen molar-refractivity contribution in [2.24, 2.45) is 5.73 Å². The zero-order chi connectivity index (χ0) is 12.5. The van der Waals surface area contributed by atoms with Gasteiger partial charge in [0.2, 0.25) is 0 Å². The van der Waals surface area contributed by atoms with E-state index in [2.05, 4.69) is 0 Å². The van der Waals surface area contributed by atoms with E-state index in [9.17, 15) is 8.42 Å². The zero-order valence-electron chi connectivity index (χ0n) is 9.96. The first-order valence-electron chi connectivity index (χ1n) is 5.74. The molecule has 1 fully saturated rings. The minimum Gasteiger partial charge on any atom is -0.371 e. The number of nitrogens with zero attached hydrogens (tertiary/aromatic N) is 1. The van der Waals surface area contributed by atoms with E-state index in [1.54, 1.807) is 0 Å². The van der Waals surface area contributed by atoms with Crippen LogP contribution in [-0.2, 0) is 16.4 Å². The molecule has 1 aromatic carbocycles. The molecule has 4 nitrogen and oxygen atoms in total. The third-order valence-corrected chi connectivity index (χ3v) is 5.09. The Labute approximate surface area is 102 Å². The second kappa shape index (κ2) is 4.66. The summed E-state index contributed by atoms with van der Waals surface area (Å²) in [6.07, 6.45) is 0.720. The lowest BCUT2D eigenvalue weighted by molar-refractivity contribution is 0.601. The Kier molecular flexibility index (Phi) is 3.40. The van der Waals surface area contributed by atoms with E-state index >= 15 is 0 Å². The monoisotopic (exact) mass is 254 g/mol. The highest BCUT2D eigenvalue weighted by atomic mass is 32.2. The molecular weight excluding hydrogens is 236 g/mol. The summed E-state index contributed by atoms with van der Waals surface area (Å²) >= 11 is 0. The van der Waals surface area contributed by atoms with Gasteiger partial charge < -0.3 is 10.6 Å². The van der Waals surface area contributed by atoms with Crippen molar-refractivity contribution in [2.75, 3.05) is 23.5 Å². The number of benzene rings is 1. The van der Waals surface area contributed by atoms with Crippen LogP contribution in [-0.4, -0.2) is 33.0 Å². The average molecular weight is 254 g/mol. The van der Waals surface area contributed by atoms with E-state index in [1.807, 2.05) is 36.2 Å². The molecule has 1 unspecified atom stereocenters. The molecule has 0 spiro atoms. The third kappa shape index (κ3) is 2.79. The van der Waals surface area contributed by atoms with Gasteiger partial charge in [-0.2, -0.15) is 0 Å². The Morgan fingerprint density at radius 1 is 1.35 bits per heavy atom. The second-order valence-corrected chi connectivity index (χ2v) is 6.77. The first-order valence-corrected chi connectivity index (χ1v) is 7.56. The summed E-state index contributed by atoms with van der Waals surface area (Å²) in [5, 5.41) is 0.